The third-order valence-electron chi connectivity index (χ3n) is 14.1. The molecule has 5 nitrogen and oxygen atoms in total. The Morgan fingerprint density at radius 2 is 1.80 bits per heavy atom. The quantitative estimate of drug-likeness (QED) is 0.555. The lowest BCUT2D eigenvalue weighted by atomic mass is 9.41. The highest BCUT2D eigenvalue weighted by molar-refractivity contribution is 5.81. The molecule has 7 aliphatic rings. The lowest BCUT2D eigenvalue weighted by Crippen LogP contribution is -2.72. The van der Waals surface area contributed by atoms with E-state index < -0.39 is 17.1 Å². The van der Waals surface area contributed by atoms with Crippen molar-refractivity contribution in [1.82, 2.24) is 4.90 Å². The fourth-order valence-corrected chi connectivity index (χ4v) is 12.6. The van der Waals surface area contributed by atoms with Crippen LogP contribution >= 0.6 is 0 Å². The summed E-state index contributed by atoms with van der Waals surface area (Å²) in [6.07, 6.45) is 11.4. The maximum absolute atomic E-state index is 13.1. The van der Waals surface area contributed by atoms with Crippen molar-refractivity contribution < 1.29 is 19.7 Å². The molecule has 1 spiro atoms. The maximum Gasteiger partial charge on any atom is 0.315 e. The molecule has 13 atom stereocenters. The number of aliphatic hydroxyl groups is 2. The predicted octanol–water partition coefficient (Wildman–Crippen LogP) is 4.88. The number of rotatable bonds is 4. The largest absolute Gasteiger partial charge is 0.459 e. The van der Waals surface area contributed by atoms with Gasteiger partial charge in [-0.3, -0.25) is 9.69 Å². The number of carbonyl (C=O) groups is 1. The average Bonchev–Trinajstić information content (AvgIpc) is 3.32. The summed E-state index contributed by atoms with van der Waals surface area (Å²) in [5.74, 6) is 2.13. The molecule has 5 heteroatoms. The van der Waals surface area contributed by atoms with Gasteiger partial charge in [0.15, 0.2) is 0 Å². The van der Waals surface area contributed by atoms with E-state index in [9.17, 15) is 15.0 Å². The van der Waals surface area contributed by atoms with Crippen LogP contribution < -0.4 is 0 Å². The Hall–Kier alpha value is -0.650. The first kappa shape index (κ1) is 23.5. The van der Waals surface area contributed by atoms with Crippen LogP contribution in [0.1, 0.15) is 105 Å². The van der Waals surface area contributed by atoms with Gasteiger partial charge in [-0.05, 0) is 107 Å². The number of piperidine rings is 2. The van der Waals surface area contributed by atoms with Crippen molar-refractivity contribution in [3.05, 3.63) is 0 Å². The second kappa shape index (κ2) is 6.86. The first-order valence-electron chi connectivity index (χ1n) is 14.9. The number of fused-ring (bicyclic) bond motifs is 4. The summed E-state index contributed by atoms with van der Waals surface area (Å²) in [6.45, 7) is 11.5. The van der Waals surface area contributed by atoms with Crippen LogP contribution in [-0.4, -0.2) is 50.6 Å². The van der Waals surface area contributed by atoms with Crippen LogP contribution in [0.15, 0.2) is 0 Å². The van der Waals surface area contributed by atoms with E-state index in [-0.39, 0.29) is 34.5 Å². The predicted molar refractivity (Wildman–Crippen MR) is 133 cm³/mol. The zero-order valence-electron chi connectivity index (χ0n) is 22.6. The van der Waals surface area contributed by atoms with Gasteiger partial charge in [0.05, 0.1) is 11.5 Å². The van der Waals surface area contributed by atoms with Gasteiger partial charge in [0.1, 0.15) is 11.8 Å². The summed E-state index contributed by atoms with van der Waals surface area (Å²) in [6, 6.07) is 0.446. The highest BCUT2D eigenvalue weighted by atomic mass is 16.6. The van der Waals surface area contributed by atoms with E-state index >= 15 is 0 Å². The van der Waals surface area contributed by atoms with Gasteiger partial charge < -0.3 is 14.9 Å². The zero-order valence-corrected chi connectivity index (χ0v) is 22.6. The number of hydrogen-bond donors (Lipinski definition) is 2. The molecule has 3 saturated carbocycles. The van der Waals surface area contributed by atoms with Crippen LogP contribution in [0.5, 0.6) is 0 Å². The third-order valence-corrected chi connectivity index (χ3v) is 14.1. The molecule has 2 N–H and O–H groups in total. The monoisotopic (exact) mass is 485 g/mol. The summed E-state index contributed by atoms with van der Waals surface area (Å²) >= 11 is 0. The third kappa shape index (κ3) is 2.34. The normalized spacial score (nSPS) is 61.9. The molecule has 1 unspecified atom stereocenters. The van der Waals surface area contributed by atoms with Crippen LogP contribution in [0.4, 0.5) is 0 Å². The van der Waals surface area contributed by atoms with Gasteiger partial charge >= 0.3 is 5.97 Å². The first-order valence-corrected chi connectivity index (χ1v) is 14.9. The van der Waals surface area contributed by atoms with E-state index in [1.54, 1.807) is 0 Å². The minimum Gasteiger partial charge on any atom is -0.459 e. The fraction of sp³-hybridized carbons (Fsp3) is 0.967. The smallest absolute Gasteiger partial charge is 0.315 e. The fourth-order valence-electron chi connectivity index (χ4n) is 12.6. The molecule has 4 aliphatic heterocycles. The van der Waals surface area contributed by atoms with E-state index in [1.807, 2.05) is 6.92 Å². The Morgan fingerprint density at radius 1 is 1.03 bits per heavy atom. The van der Waals surface area contributed by atoms with Gasteiger partial charge in [0.2, 0.25) is 0 Å². The van der Waals surface area contributed by atoms with Crippen molar-refractivity contribution in [2.45, 2.75) is 135 Å². The number of nitrogens with zero attached hydrogens (tertiary/aromatic N) is 1. The molecule has 196 valence electrons. The SMILES string of the molecule is CC(C)[C@H]1CC[C@@]2(C)[C@H]3CC[C@]45CCC[C@H]4[C@@]2(CC[C@@H]2[C@]4(C)C(=O)O[C@@]2(C)CC[C@H]4O)[C@H]1N5[C@H]3O. The lowest BCUT2D eigenvalue weighted by Gasteiger charge is -2.68. The molecule has 0 aromatic carbocycles. The molecular weight excluding hydrogens is 438 g/mol. The van der Waals surface area contributed by atoms with Crippen LogP contribution in [0, 0.1) is 45.8 Å². The molecule has 4 saturated heterocycles. The zero-order chi connectivity index (χ0) is 24.8. The number of ether oxygens (including phenoxy) is 1. The molecule has 4 heterocycles. The van der Waals surface area contributed by atoms with Crippen molar-refractivity contribution in [2.75, 3.05) is 0 Å². The standard InChI is InChI=1S/C30H47NO4/c1-17(2)18-8-13-26(3)19-9-15-29-12-6-7-21(29)30(26,23(18)31(29)24(19)33)16-10-20-27(4)14-11-22(32)28(20,5)25(34)35-27/h17-24,32-33H,6-16H2,1-5H3/t18-,19+,20+,21-,22-,23+,24+,26+,27+,28+,29-,30+/m1/s1. The summed E-state index contributed by atoms with van der Waals surface area (Å²) in [7, 11) is 0. The van der Waals surface area contributed by atoms with Crippen molar-refractivity contribution in [3.8, 4) is 0 Å². The van der Waals surface area contributed by atoms with Crippen molar-refractivity contribution >= 4 is 5.97 Å². The van der Waals surface area contributed by atoms with Gasteiger partial charge in [0.25, 0.3) is 0 Å². The maximum atomic E-state index is 13.1. The van der Waals surface area contributed by atoms with Gasteiger partial charge in [-0.15, -0.1) is 0 Å². The second-order valence-electron chi connectivity index (χ2n) is 15.0. The van der Waals surface area contributed by atoms with E-state index in [1.165, 1.54) is 44.9 Å². The van der Waals surface area contributed by atoms with Crippen LogP contribution in [-0.2, 0) is 9.53 Å². The van der Waals surface area contributed by atoms with Crippen LogP contribution in [0.2, 0.25) is 0 Å². The molecule has 7 rings (SSSR count). The van der Waals surface area contributed by atoms with Gasteiger partial charge in [-0.25, -0.2) is 0 Å². The Morgan fingerprint density at radius 3 is 2.54 bits per heavy atom. The molecule has 0 aromatic heterocycles. The van der Waals surface area contributed by atoms with Gasteiger partial charge in [-0.2, -0.15) is 0 Å². The molecule has 35 heavy (non-hydrogen) atoms. The Bertz CT molecular complexity index is 953. The Balaban J connectivity index is 1.35. The highest BCUT2D eigenvalue weighted by Crippen LogP contribution is 2.80. The van der Waals surface area contributed by atoms with Crippen molar-refractivity contribution in [1.29, 1.82) is 0 Å². The minimum atomic E-state index is -0.782. The molecular formula is C30H47NO4. The number of esters is 1. The number of aliphatic hydroxyl groups excluding tert-OH is 2. The minimum absolute atomic E-state index is 0.0679. The van der Waals surface area contributed by atoms with Crippen molar-refractivity contribution in [3.63, 3.8) is 0 Å². The van der Waals surface area contributed by atoms with Crippen molar-refractivity contribution in [2.24, 2.45) is 45.8 Å². The topological polar surface area (TPSA) is 70.0 Å². The van der Waals surface area contributed by atoms with Gasteiger partial charge in [-0.1, -0.05) is 27.2 Å². The molecule has 7 fully saturated rings. The molecule has 3 aliphatic carbocycles. The lowest BCUT2D eigenvalue weighted by molar-refractivity contribution is -0.258. The summed E-state index contributed by atoms with van der Waals surface area (Å²) in [5, 5.41) is 22.9. The highest BCUT2D eigenvalue weighted by Gasteiger charge is 2.82. The molecule has 0 radical (unpaired) electrons. The van der Waals surface area contributed by atoms with E-state index in [2.05, 4.69) is 32.6 Å². The van der Waals surface area contributed by atoms with E-state index in [0.717, 1.165) is 19.3 Å². The summed E-state index contributed by atoms with van der Waals surface area (Å²) < 4.78 is 6.06. The Labute approximate surface area is 211 Å². The second-order valence-corrected chi connectivity index (χ2v) is 15.0. The number of hydrogen-bond acceptors (Lipinski definition) is 5. The number of carbonyl (C=O) groups excluding carboxylic acids is 1. The first-order chi connectivity index (χ1) is 16.5. The van der Waals surface area contributed by atoms with Crippen LogP contribution in [0.25, 0.3) is 0 Å². The van der Waals surface area contributed by atoms with E-state index in [0.29, 0.717) is 36.1 Å². The summed E-state index contributed by atoms with van der Waals surface area (Å²) in [4.78, 5) is 15.8. The summed E-state index contributed by atoms with van der Waals surface area (Å²) in [5.41, 5.74) is -0.717. The van der Waals surface area contributed by atoms with E-state index in [4.69, 9.17) is 4.74 Å². The molecule has 0 aromatic rings. The molecule has 7 bridgehead atoms. The molecule has 0 amide bonds. The van der Waals surface area contributed by atoms with Gasteiger partial charge in [0, 0.05) is 23.4 Å². The van der Waals surface area contributed by atoms with Crippen LogP contribution in [0.3, 0.4) is 0 Å². The average molecular weight is 486 g/mol. The Kier molecular flexibility index (Phi) is 4.60.